The van der Waals surface area contributed by atoms with Crippen LogP contribution < -0.4 is 11.1 Å². The van der Waals surface area contributed by atoms with Crippen LogP contribution in [-0.4, -0.2) is 12.5 Å². The Morgan fingerprint density at radius 2 is 2.18 bits per heavy atom. The van der Waals surface area contributed by atoms with E-state index in [1.165, 1.54) is 25.3 Å². The first-order valence-electron chi connectivity index (χ1n) is 6.03. The number of halogens is 1. The van der Waals surface area contributed by atoms with Crippen molar-refractivity contribution < 1.29 is 4.39 Å². The average Bonchev–Trinajstić information content (AvgIpc) is 2.26. The van der Waals surface area contributed by atoms with Crippen molar-refractivity contribution >= 4 is 5.96 Å². The third-order valence-corrected chi connectivity index (χ3v) is 3.17. The normalized spacial score (nSPS) is 16.6. The molecule has 3 N–H and O–H groups in total. The highest BCUT2D eigenvalue weighted by Gasteiger charge is 2.16. The molecule has 0 bridgehead atoms. The average molecular weight is 235 g/mol. The first-order valence-corrected chi connectivity index (χ1v) is 6.03. The number of guanidine groups is 1. The molecule has 1 aromatic rings. The second kappa shape index (κ2) is 5.66. The van der Waals surface area contributed by atoms with Crippen molar-refractivity contribution in [3.8, 4) is 0 Å². The maximum atomic E-state index is 13.3. The Morgan fingerprint density at radius 3 is 2.82 bits per heavy atom. The van der Waals surface area contributed by atoms with Crippen molar-refractivity contribution in [1.82, 2.24) is 5.32 Å². The van der Waals surface area contributed by atoms with E-state index in [-0.39, 0.29) is 12.4 Å². The minimum Gasteiger partial charge on any atom is -0.370 e. The van der Waals surface area contributed by atoms with E-state index in [0.717, 1.165) is 12.5 Å². The van der Waals surface area contributed by atoms with Gasteiger partial charge in [-0.1, -0.05) is 24.6 Å². The van der Waals surface area contributed by atoms with E-state index in [1.54, 1.807) is 18.2 Å². The number of nitrogens with two attached hydrogens (primary N) is 1. The summed E-state index contributed by atoms with van der Waals surface area (Å²) in [5.41, 5.74) is 6.29. The second-order valence-corrected chi connectivity index (χ2v) is 4.47. The Balaban J connectivity index is 1.80. The standard InChI is InChI=1S/C13H18FN3/c14-12-7-2-1-6-11(12)9-17-13(15)16-8-10-4-3-5-10/h1-2,6-7,10H,3-5,8-9H2,(H3,15,16,17). The van der Waals surface area contributed by atoms with Crippen LogP contribution in [0.4, 0.5) is 4.39 Å². The molecule has 1 aromatic carbocycles. The molecule has 4 heteroatoms. The summed E-state index contributed by atoms with van der Waals surface area (Å²) < 4.78 is 13.3. The first kappa shape index (κ1) is 11.9. The number of nitrogens with zero attached hydrogens (tertiary/aromatic N) is 1. The molecule has 1 aliphatic rings. The highest BCUT2D eigenvalue weighted by Crippen LogP contribution is 2.24. The molecule has 0 aliphatic heterocycles. The first-order chi connectivity index (χ1) is 8.25. The molecule has 3 nitrogen and oxygen atoms in total. The van der Waals surface area contributed by atoms with E-state index in [1.807, 2.05) is 0 Å². The molecular weight excluding hydrogens is 217 g/mol. The van der Waals surface area contributed by atoms with Gasteiger partial charge < -0.3 is 11.1 Å². The Morgan fingerprint density at radius 1 is 1.41 bits per heavy atom. The van der Waals surface area contributed by atoms with Crippen LogP contribution >= 0.6 is 0 Å². The minimum absolute atomic E-state index is 0.233. The smallest absolute Gasteiger partial charge is 0.188 e. The van der Waals surface area contributed by atoms with Crippen molar-refractivity contribution in [2.75, 3.05) is 6.54 Å². The highest BCUT2D eigenvalue weighted by molar-refractivity contribution is 5.77. The zero-order valence-corrected chi connectivity index (χ0v) is 9.82. The number of nitrogens with one attached hydrogen (secondary N) is 1. The molecule has 0 spiro atoms. The van der Waals surface area contributed by atoms with Gasteiger partial charge in [-0.25, -0.2) is 9.38 Å². The molecule has 0 heterocycles. The van der Waals surface area contributed by atoms with Crippen LogP contribution in [0.15, 0.2) is 29.3 Å². The third kappa shape index (κ3) is 3.44. The highest BCUT2D eigenvalue weighted by atomic mass is 19.1. The maximum absolute atomic E-state index is 13.3. The lowest BCUT2D eigenvalue weighted by Crippen LogP contribution is -2.37. The zero-order valence-electron chi connectivity index (χ0n) is 9.82. The number of hydrogen-bond donors (Lipinski definition) is 2. The summed E-state index contributed by atoms with van der Waals surface area (Å²) in [5.74, 6) is 0.903. The van der Waals surface area contributed by atoms with Crippen LogP contribution in [0, 0.1) is 11.7 Å². The Hall–Kier alpha value is -1.58. The Kier molecular flexibility index (Phi) is 3.96. The fraction of sp³-hybridized carbons (Fsp3) is 0.462. The van der Waals surface area contributed by atoms with E-state index in [2.05, 4.69) is 10.3 Å². The summed E-state index contributed by atoms with van der Waals surface area (Å²) in [6.45, 7) is 1.17. The van der Waals surface area contributed by atoms with E-state index >= 15 is 0 Å². The van der Waals surface area contributed by atoms with Gasteiger partial charge in [-0.05, 0) is 24.8 Å². The van der Waals surface area contributed by atoms with Crippen molar-refractivity contribution in [1.29, 1.82) is 0 Å². The molecular formula is C13H18FN3. The van der Waals surface area contributed by atoms with E-state index in [4.69, 9.17) is 5.73 Å². The molecule has 0 atom stereocenters. The monoisotopic (exact) mass is 235 g/mol. The van der Waals surface area contributed by atoms with Crippen LogP contribution in [0.3, 0.4) is 0 Å². The van der Waals surface area contributed by atoms with Crippen LogP contribution in [0.5, 0.6) is 0 Å². The van der Waals surface area contributed by atoms with Gasteiger partial charge in [0.15, 0.2) is 5.96 Å². The fourth-order valence-corrected chi connectivity index (χ4v) is 1.80. The quantitative estimate of drug-likeness (QED) is 0.619. The molecule has 92 valence electrons. The largest absolute Gasteiger partial charge is 0.370 e. The summed E-state index contributed by atoms with van der Waals surface area (Å²) in [6, 6.07) is 6.62. The molecule has 0 radical (unpaired) electrons. The summed E-state index contributed by atoms with van der Waals surface area (Å²) in [7, 11) is 0. The van der Waals surface area contributed by atoms with Gasteiger partial charge in [-0.3, -0.25) is 0 Å². The second-order valence-electron chi connectivity index (χ2n) is 4.47. The molecule has 1 aliphatic carbocycles. The Labute approximate surface area is 101 Å². The number of rotatable bonds is 4. The molecule has 1 fully saturated rings. The van der Waals surface area contributed by atoms with Gasteiger partial charge in [0.25, 0.3) is 0 Å². The topological polar surface area (TPSA) is 50.4 Å². The summed E-state index contributed by atoms with van der Waals surface area (Å²) in [5, 5.41) is 3.08. The molecule has 2 rings (SSSR count). The van der Waals surface area contributed by atoms with Gasteiger partial charge in [0.05, 0.1) is 6.54 Å². The third-order valence-electron chi connectivity index (χ3n) is 3.17. The van der Waals surface area contributed by atoms with Crippen LogP contribution in [0.1, 0.15) is 24.8 Å². The van der Waals surface area contributed by atoms with Gasteiger partial charge >= 0.3 is 0 Å². The molecule has 0 amide bonds. The lowest BCUT2D eigenvalue weighted by atomic mass is 9.85. The predicted molar refractivity (Wildman–Crippen MR) is 67.1 cm³/mol. The van der Waals surface area contributed by atoms with Crippen molar-refractivity contribution in [3.63, 3.8) is 0 Å². The number of benzene rings is 1. The van der Waals surface area contributed by atoms with Gasteiger partial charge in [0, 0.05) is 12.1 Å². The van der Waals surface area contributed by atoms with Gasteiger partial charge in [0.2, 0.25) is 0 Å². The lowest BCUT2D eigenvalue weighted by Gasteiger charge is -2.25. The number of hydrogen-bond acceptors (Lipinski definition) is 1. The molecule has 0 aromatic heterocycles. The SMILES string of the molecule is NC(=NCc1ccccc1F)NCC1CCC1. The number of aliphatic imine (C=N–C) groups is 1. The fourth-order valence-electron chi connectivity index (χ4n) is 1.80. The zero-order chi connectivity index (χ0) is 12.1. The predicted octanol–water partition coefficient (Wildman–Crippen LogP) is 2.03. The lowest BCUT2D eigenvalue weighted by molar-refractivity contribution is 0.315. The van der Waals surface area contributed by atoms with Crippen molar-refractivity contribution in [3.05, 3.63) is 35.6 Å². The Bertz CT molecular complexity index is 399. The van der Waals surface area contributed by atoms with Gasteiger partial charge in [-0.2, -0.15) is 0 Å². The molecule has 0 saturated heterocycles. The van der Waals surface area contributed by atoms with Crippen molar-refractivity contribution in [2.45, 2.75) is 25.8 Å². The van der Waals surface area contributed by atoms with E-state index < -0.39 is 0 Å². The summed E-state index contributed by atoms with van der Waals surface area (Å²) >= 11 is 0. The molecule has 0 unspecified atom stereocenters. The molecule has 1 saturated carbocycles. The van der Waals surface area contributed by atoms with Gasteiger partial charge in [0.1, 0.15) is 5.82 Å². The van der Waals surface area contributed by atoms with E-state index in [0.29, 0.717) is 11.5 Å². The maximum Gasteiger partial charge on any atom is 0.188 e. The molecule has 17 heavy (non-hydrogen) atoms. The van der Waals surface area contributed by atoms with Crippen LogP contribution in [0.2, 0.25) is 0 Å². The summed E-state index contributed by atoms with van der Waals surface area (Å²) in [6.07, 6.45) is 3.86. The van der Waals surface area contributed by atoms with Crippen LogP contribution in [-0.2, 0) is 6.54 Å². The van der Waals surface area contributed by atoms with Crippen LogP contribution in [0.25, 0.3) is 0 Å². The van der Waals surface area contributed by atoms with E-state index in [9.17, 15) is 4.39 Å². The minimum atomic E-state index is -0.233. The van der Waals surface area contributed by atoms with Gasteiger partial charge in [-0.15, -0.1) is 0 Å². The summed E-state index contributed by atoms with van der Waals surface area (Å²) in [4.78, 5) is 4.13. The van der Waals surface area contributed by atoms with Crippen molar-refractivity contribution in [2.24, 2.45) is 16.6 Å².